The summed E-state index contributed by atoms with van der Waals surface area (Å²) in [5, 5.41) is 6.00. The molecule has 1 aliphatic carbocycles. The van der Waals surface area contributed by atoms with Crippen molar-refractivity contribution in [2.45, 2.75) is 58.3 Å². The van der Waals surface area contributed by atoms with E-state index in [1.165, 1.54) is 51.2 Å². The zero-order valence-corrected chi connectivity index (χ0v) is 22.6. The van der Waals surface area contributed by atoms with Crippen LogP contribution >= 0.6 is 0 Å². The van der Waals surface area contributed by atoms with Crippen molar-refractivity contribution >= 4 is 43.7 Å². The van der Waals surface area contributed by atoms with Crippen LogP contribution in [-0.2, 0) is 17.9 Å². The fraction of sp³-hybridized carbons (Fsp3) is 0.294. The molecule has 3 aromatic heterocycles. The molecule has 3 aromatic carbocycles. The van der Waals surface area contributed by atoms with Crippen LogP contribution in [0, 0.1) is 6.92 Å². The molecule has 3 heteroatoms. The molecule has 0 amide bonds. The third-order valence-corrected chi connectivity index (χ3v) is 8.99. The Morgan fingerprint density at radius 2 is 1.57 bits per heavy atom. The van der Waals surface area contributed by atoms with Gasteiger partial charge in [-0.05, 0) is 64.8 Å². The van der Waals surface area contributed by atoms with E-state index in [1.807, 2.05) is 0 Å². The largest absolute Gasteiger partial charge is 0.437 e. The quantitative estimate of drug-likeness (QED) is 0.219. The lowest BCUT2D eigenvalue weighted by Crippen LogP contribution is -2.34. The predicted molar refractivity (Wildman–Crippen MR) is 153 cm³/mol. The van der Waals surface area contributed by atoms with E-state index in [0.717, 1.165) is 27.6 Å². The van der Waals surface area contributed by atoms with Crippen molar-refractivity contribution in [3.63, 3.8) is 0 Å². The number of pyridine rings is 2. The summed E-state index contributed by atoms with van der Waals surface area (Å²) in [6.45, 7) is 11.7. The van der Waals surface area contributed by atoms with Gasteiger partial charge in [0.25, 0.3) is 0 Å². The topological polar surface area (TPSA) is 29.9 Å². The van der Waals surface area contributed by atoms with Gasteiger partial charge in [-0.1, -0.05) is 64.1 Å². The molecule has 1 aliphatic rings. The monoisotopic (exact) mass is 485 g/mol. The number of hydrogen-bond acceptors (Lipinski definition) is 2. The van der Waals surface area contributed by atoms with Gasteiger partial charge in [-0.3, -0.25) is 0 Å². The van der Waals surface area contributed by atoms with Crippen LogP contribution in [0.15, 0.2) is 71.3 Å². The Hall–Kier alpha value is -3.72. The lowest BCUT2D eigenvalue weighted by molar-refractivity contribution is -0.633. The van der Waals surface area contributed by atoms with E-state index >= 15 is 0 Å². The second kappa shape index (κ2) is 7.41. The van der Waals surface area contributed by atoms with Crippen molar-refractivity contribution in [2.24, 2.45) is 7.05 Å². The van der Waals surface area contributed by atoms with Gasteiger partial charge in [-0.25, -0.2) is 4.98 Å². The van der Waals surface area contributed by atoms with Crippen LogP contribution < -0.4 is 4.57 Å². The molecule has 0 radical (unpaired) electrons. The van der Waals surface area contributed by atoms with Gasteiger partial charge >= 0.3 is 0 Å². The molecule has 3 heterocycles. The van der Waals surface area contributed by atoms with E-state index < -0.39 is 0 Å². The summed E-state index contributed by atoms with van der Waals surface area (Å²) in [5.41, 5.74) is 9.50. The lowest BCUT2D eigenvalue weighted by Gasteiger charge is -2.42. The van der Waals surface area contributed by atoms with Crippen LogP contribution in [0.4, 0.5) is 0 Å². The highest BCUT2D eigenvalue weighted by atomic mass is 16.3. The van der Waals surface area contributed by atoms with Gasteiger partial charge in [0.15, 0.2) is 5.58 Å². The van der Waals surface area contributed by atoms with E-state index in [9.17, 15) is 0 Å². The van der Waals surface area contributed by atoms with E-state index in [0.29, 0.717) is 5.71 Å². The summed E-state index contributed by atoms with van der Waals surface area (Å²) >= 11 is 0. The summed E-state index contributed by atoms with van der Waals surface area (Å²) in [6.07, 6.45) is 4.44. The third kappa shape index (κ3) is 3.06. The fourth-order valence-electron chi connectivity index (χ4n) is 6.78. The van der Waals surface area contributed by atoms with Gasteiger partial charge in [-0.2, -0.15) is 4.57 Å². The number of rotatable bonds is 1. The number of aryl methyl sites for hydroxylation is 2. The van der Waals surface area contributed by atoms with E-state index in [2.05, 4.69) is 113 Å². The molecule has 3 nitrogen and oxygen atoms in total. The van der Waals surface area contributed by atoms with Gasteiger partial charge in [0.1, 0.15) is 7.05 Å². The smallest absolute Gasteiger partial charge is 0.227 e. The third-order valence-electron chi connectivity index (χ3n) is 8.99. The Bertz CT molecular complexity index is 1910. The highest BCUT2D eigenvalue weighted by molar-refractivity contribution is 6.20. The number of benzene rings is 3. The van der Waals surface area contributed by atoms with Crippen molar-refractivity contribution in [1.82, 2.24) is 4.98 Å². The van der Waals surface area contributed by atoms with E-state index in [1.54, 1.807) is 0 Å². The average Bonchev–Trinajstić information content (AvgIpc) is 3.26. The van der Waals surface area contributed by atoms with Crippen LogP contribution in [0.25, 0.3) is 55.0 Å². The predicted octanol–water partition coefficient (Wildman–Crippen LogP) is 8.44. The van der Waals surface area contributed by atoms with E-state index in [-0.39, 0.29) is 10.8 Å². The zero-order chi connectivity index (χ0) is 25.7. The molecule has 0 bridgehead atoms. The van der Waals surface area contributed by atoms with Gasteiger partial charge in [0.05, 0.1) is 10.9 Å². The Labute approximate surface area is 217 Å². The number of para-hydroxylation sites is 1. The molecular weight excluding hydrogens is 452 g/mol. The maximum Gasteiger partial charge on any atom is 0.227 e. The molecule has 0 saturated heterocycles. The summed E-state index contributed by atoms with van der Waals surface area (Å²) in [7, 11) is 2.14. The minimum Gasteiger partial charge on any atom is -0.437 e. The highest BCUT2D eigenvalue weighted by Gasteiger charge is 2.38. The van der Waals surface area contributed by atoms with Crippen LogP contribution in [0.1, 0.15) is 57.2 Å². The molecule has 0 fully saturated rings. The fourth-order valence-corrected chi connectivity index (χ4v) is 6.78. The van der Waals surface area contributed by atoms with E-state index in [4.69, 9.17) is 9.40 Å². The van der Waals surface area contributed by atoms with Crippen LogP contribution in [0.3, 0.4) is 0 Å². The SMILES string of the molecule is Cc1ccc2c(oc3ncc4c5c(ccc4c32)C(C)(C)CCC5(C)C)c1-c1ccc2ccccc2[n+]1C. The highest BCUT2D eigenvalue weighted by Crippen LogP contribution is 2.50. The lowest BCUT2D eigenvalue weighted by atomic mass is 9.62. The minimum absolute atomic E-state index is 0.111. The second-order valence-corrected chi connectivity index (χ2v) is 12.2. The van der Waals surface area contributed by atoms with Crippen molar-refractivity contribution in [1.29, 1.82) is 0 Å². The first-order chi connectivity index (χ1) is 17.7. The van der Waals surface area contributed by atoms with Crippen LogP contribution in [0.5, 0.6) is 0 Å². The minimum atomic E-state index is 0.111. The van der Waals surface area contributed by atoms with Gasteiger partial charge in [-0.15, -0.1) is 0 Å². The Balaban J connectivity index is 1.58. The molecular formula is C34H33N2O+. The molecule has 7 rings (SSSR count). The van der Waals surface area contributed by atoms with Gasteiger partial charge in [0, 0.05) is 34.5 Å². The maximum atomic E-state index is 6.61. The first-order valence-corrected chi connectivity index (χ1v) is 13.3. The molecule has 0 atom stereocenters. The molecule has 6 aromatic rings. The van der Waals surface area contributed by atoms with Crippen LogP contribution in [-0.4, -0.2) is 4.98 Å². The molecule has 37 heavy (non-hydrogen) atoms. The summed E-state index contributed by atoms with van der Waals surface area (Å²) in [6, 6.07) is 22.1. The maximum absolute atomic E-state index is 6.61. The Kier molecular flexibility index (Phi) is 4.50. The van der Waals surface area contributed by atoms with Gasteiger partial charge in [0.2, 0.25) is 16.9 Å². The van der Waals surface area contributed by atoms with Crippen LogP contribution in [0.2, 0.25) is 0 Å². The molecule has 0 saturated carbocycles. The van der Waals surface area contributed by atoms with Crippen molar-refractivity contribution < 1.29 is 8.98 Å². The second-order valence-electron chi connectivity index (χ2n) is 12.2. The van der Waals surface area contributed by atoms with Crippen molar-refractivity contribution in [3.05, 3.63) is 83.6 Å². The molecule has 0 N–H and O–H groups in total. The standard InChI is InChI=1S/C34H33N2O/c1-20-11-13-23-29-22-14-15-25-30(34(4,5)18-17-33(25,2)3)24(22)19-35-32(29)37-31(23)28(20)27-16-12-21-9-7-8-10-26(21)36(27)6/h7-16,19H,17-18H2,1-6H3/q+1. The van der Waals surface area contributed by atoms with Gasteiger partial charge < -0.3 is 4.42 Å². The number of furan rings is 1. The average molecular weight is 486 g/mol. The molecule has 0 spiro atoms. The zero-order valence-electron chi connectivity index (χ0n) is 22.6. The first kappa shape index (κ1) is 22.5. The number of fused-ring (bicyclic) bond motifs is 8. The summed E-state index contributed by atoms with van der Waals surface area (Å²) in [5.74, 6) is 0. The van der Waals surface area contributed by atoms with Crippen molar-refractivity contribution in [3.8, 4) is 11.3 Å². The molecule has 0 unspecified atom stereocenters. The number of aromatic nitrogens is 2. The first-order valence-electron chi connectivity index (χ1n) is 13.3. The number of nitrogens with zero attached hydrogens (tertiary/aromatic N) is 2. The molecule has 184 valence electrons. The summed E-state index contributed by atoms with van der Waals surface area (Å²) < 4.78 is 8.88. The van der Waals surface area contributed by atoms with Crippen molar-refractivity contribution in [2.75, 3.05) is 0 Å². The summed E-state index contributed by atoms with van der Waals surface area (Å²) in [4.78, 5) is 4.93. The Morgan fingerprint density at radius 1 is 0.811 bits per heavy atom. The normalized spacial score (nSPS) is 16.6. The Morgan fingerprint density at radius 3 is 2.41 bits per heavy atom. The number of hydrogen-bond donors (Lipinski definition) is 0. The molecule has 0 aliphatic heterocycles.